The Morgan fingerprint density at radius 2 is 2.05 bits per heavy atom. The molecule has 1 saturated heterocycles. The Hall–Kier alpha value is -1.80. The molecule has 0 saturated carbocycles. The molecule has 8 heteroatoms. The number of nitrogens with one attached hydrogen (secondary N) is 1. The van der Waals surface area contributed by atoms with Crippen molar-refractivity contribution < 1.29 is 13.2 Å². The number of benzene rings is 1. The van der Waals surface area contributed by atoms with Gasteiger partial charge in [-0.05, 0) is 18.2 Å². The number of nitrogens with zero attached hydrogens (tertiary/aromatic N) is 2. The molecule has 2 rings (SSSR count). The molecule has 1 fully saturated rings. The van der Waals surface area contributed by atoms with Crippen LogP contribution in [-0.2, 0) is 14.8 Å². The molecule has 7 nitrogen and oxygen atoms in total. The Kier molecular flexibility index (Phi) is 3.87. The number of anilines is 2. The molecule has 0 aliphatic carbocycles. The van der Waals surface area contributed by atoms with E-state index in [1.54, 1.807) is 11.0 Å². The molecule has 1 aliphatic rings. The van der Waals surface area contributed by atoms with Crippen molar-refractivity contribution in [3.05, 3.63) is 18.2 Å². The van der Waals surface area contributed by atoms with E-state index in [2.05, 4.69) is 5.32 Å². The van der Waals surface area contributed by atoms with Gasteiger partial charge in [0, 0.05) is 27.2 Å². The lowest BCUT2D eigenvalue weighted by Crippen LogP contribution is -2.48. The Labute approximate surface area is 118 Å². The highest BCUT2D eigenvalue weighted by Gasteiger charge is 2.22. The van der Waals surface area contributed by atoms with E-state index in [1.807, 2.05) is 0 Å². The number of hydrogen-bond donors (Lipinski definition) is 2. The summed E-state index contributed by atoms with van der Waals surface area (Å²) >= 11 is 0. The molecule has 0 radical (unpaired) electrons. The third-order valence-electron chi connectivity index (χ3n) is 3.16. The number of carbonyl (C=O) groups excluding carboxylic acids is 1. The van der Waals surface area contributed by atoms with Crippen LogP contribution >= 0.6 is 0 Å². The third kappa shape index (κ3) is 2.70. The third-order valence-corrected chi connectivity index (χ3v) is 4.97. The zero-order valence-corrected chi connectivity index (χ0v) is 12.3. The van der Waals surface area contributed by atoms with E-state index in [9.17, 15) is 13.2 Å². The van der Waals surface area contributed by atoms with E-state index in [4.69, 9.17) is 5.73 Å². The monoisotopic (exact) mass is 298 g/mol. The zero-order chi connectivity index (χ0) is 14.9. The molecule has 1 aromatic rings. The fourth-order valence-electron chi connectivity index (χ4n) is 2.01. The molecule has 1 aliphatic heterocycles. The molecule has 0 atom stereocenters. The summed E-state index contributed by atoms with van der Waals surface area (Å²) < 4.78 is 25.4. The van der Waals surface area contributed by atoms with Crippen molar-refractivity contribution in [1.82, 2.24) is 9.62 Å². The molecule has 0 bridgehead atoms. The van der Waals surface area contributed by atoms with Gasteiger partial charge in [0.15, 0.2) is 0 Å². The Morgan fingerprint density at radius 3 is 2.65 bits per heavy atom. The summed E-state index contributed by atoms with van der Waals surface area (Å²) in [5.74, 6) is -0.100. The number of piperazine rings is 1. The van der Waals surface area contributed by atoms with Crippen molar-refractivity contribution in [1.29, 1.82) is 0 Å². The molecule has 110 valence electrons. The lowest BCUT2D eigenvalue weighted by atomic mass is 10.2. The van der Waals surface area contributed by atoms with Crippen LogP contribution in [-0.4, -0.2) is 52.4 Å². The van der Waals surface area contributed by atoms with Gasteiger partial charge in [-0.15, -0.1) is 0 Å². The lowest BCUT2D eigenvalue weighted by molar-refractivity contribution is -0.120. The van der Waals surface area contributed by atoms with Crippen molar-refractivity contribution in [3.63, 3.8) is 0 Å². The van der Waals surface area contributed by atoms with E-state index >= 15 is 0 Å². The van der Waals surface area contributed by atoms with E-state index in [1.165, 1.54) is 26.2 Å². The second kappa shape index (κ2) is 5.29. The van der Waals surface area contributed by atoms with Crippen LogP contribution in [0.2, 0.25) is 0 Å². The van der Waals surface area contributed by atoms with Crippen LogP contribution in [0, 0.1) is 0 Å². The summed E-state index contributed by atoms with van der Waals surface area (Å²) in [6.45, 7) is 1.29. The first kappa shape index (κ1) is 14.6. The van der Waals surface area contributed by atoms with Gasteiger partial charge in [0.2, 0.25) is 15.9 Å². The maximum atomic E-state index is 12.1. The van der Waals surface area contributed by atoms with Gasteiger partial charge in [0.25, 0.3) is 0 Å². The number of hydrogen-bond acceptors (Lipinski definition) is 5. The second-order valence-electron chi connectivity index (χ2n) is 4.78. The number of nitrogens with two attached hydrogens (primary N) is 1. The molecule has 0 spiro atoms. The van der Waals surface area contributed by atoms with Gasteiger partial charge in [-0.25, -0.2) is 12.7 Å². The minimum atomic E-state index is -3.52. The fraction of sp³-hybridized carbons (Fsp3) is 0.417. The number of sulfonamides is 1. The smallest absolute Gasteiger partial charge is 0.242 e. The Morgan fingerprint density at radius 1 is 1.35 bits per heavy atom. The lowest BCUT2D eigenvalue weighted by Gasteiger charge is -2.30. The minimum Gasteiger partial charge on any atom is -0.397 e. The predicted octanol–water partition coefficient (Wildman–Crippen LogP) is -0.545. The molecule has 1 amide bonds. The summed E-state index contributed by atoms with van der Waals surface area (Å²) in [4.78, 5) is 13.4. The maximum Gasteiger partial charge on any atom is 0.242 e. The largest absolute Gasteiger partial charge is 0.397 e. The molecule has 0 aromatic heterocycles. The van der Waals surface area contributed by atoms with Crippen LogP contribution in [0.3, 0.4) is 0 Å². The van der Waals surface area contributed by atoms with Crippen molar-refractivity contribution >= 4 is 27.3 Å². The van der Waals surface area contributed by atoms with Crippen LogP contribution in [0.15, 0.2) is 23.1 Å². The van der Waals surface area contributed by atoms with Gasteiger partial charge in [0.05, 0.1) is 22.8 Å². The molecule has 20 heavy (non-hydrogen) atoms. The van der Waals surface area contributed by atoms with Gasteiger partial charge in [-0.1, -0.05) is 0 Å². The maximum absolute atomic E-state index is 12.1. The highest BCUT2D eigenvalue weighted by atomic mass is 32.2. The van der Waals surface area contributed by atoms with Gasteiger partial charge in [-0.2, -0.15) is 0 Å². The summed E-state index contributed by atoms with van der Waals surface area (Å²) in [5, 5.41) is 2.72. The van der Waals surface area contributed by atoms with E-state index < -0.39 is 10.0 Å². The van der Waals surface area contributed by atoms with Gasteiger partial charge in [-0.3, -0.25) is 4.79 Å². The number of amides is 1. The van der Waals surface area contributed by atoms with E-state index in [-0.39, 0.29) is 17.3 Å². The molecule has 3 N–H and O–H groups in total. The molecule has 0 unspecified atom stereocenters. The summed E-state index contributed by atoms with van der Waals surface area (Å²) in [7, 11) is -0.574. The topological polar surface area (TPSA) is 95.7 Å². The van der Waals surface area contributed by atoms with Crippen LogP contribution in [0.25, 0.3) is 0 Å². The Balaban J connectivity index is 2.42. The van der Waals surface area contributed by atoms with Gasteiger partial charge in [0.1, 0.15) is 0 Å². The second-order valence-corrected chi connectivity index (χ2v) is 6.93. The first-order chi connectivity index (χ1) is 9.32. The summed E-state index contributed by atoms with van der Waals surface area (Å²) in [5.41, 5.74) is 6.93. The average Bonchev–Trinajstić information content (AvgIpc) is 2.38. The normalized spacial score (nSPS) is 16.4. The summed E-state index contributed by atoms with van der Waals surface area (Å²) in [6.07, 6.45) is 0. The Bertz CT molecular complexity index is 628. The highest BCUT2D eigenvalue weighted by Crippen LogP contribution is 2.28. The van der Waals surface area contributed by atoms with Crippen LogP contribution < -0.4 is 16.0 Å². The first-order valence-corrected chi connectivity index (χ1v) is 7.60. The average molecular weight is 298 g/mol. The predicted molar refractivity (Wildman–Crippen MR) is 76.9 cm³/mol. The molecule has 1 heterocycles. The van der Waals surface area contributed by atoms with E-state index in [0.29, 0.717) is 24.5 Å². The van der Waals surface area contributed by atoms with Crippen LogP contribution in [0.5, 0.6) is 0 Å². The minimum absolute atomic E-state index is 0.100. The van der Waals surface area contributed by atoms with Gasteiger partial charge >= 0.3 is 0 Å². The molecular formula is C12H18N4O3S. The highest BCUT2D eigenvalue weighted by molar-refractivity contribution is 7.89. The standard InChI is InChI=1S/C12H18N4O3S/c1-15(2)20(18,19)9-3-4-10(13)11(7-9)16-6-5-14-12(17)8-16/h3-4,7H,5-6,8,13H2,1-2H3,(H,14,17). The van der Waals surface area contributed by atoms with Crippen molar-refractivity contribution in [2.45, 2.75) is 4.90 Å². The van der Waals surface area contributed by atoms with E-state index in [0.717, 1.165) is 4.31 Å². The van der Waals surface area contributed by atoms with Crippen molar-refractivity contribution in [2.24, 2.45) is 0 Å². The first-order valence-electron chi connectivity index (χ1n) is 6.16. The molecular weight excluding hydrogens is 280 g/mol. The SMILES string of the molecule is CN(C)S(=O)(=O)c1ccc(N)c(N2CCNC(=O)C2)c1. The fourth-order valence-corrected chi connectivity index (χ4v) is 2.94. The van der Waals surface area contributed by atoms with Crippen LogP contribution in [0.4, 0.5) is 11.4 Å². The van der Waals surface area contributed by atoms with Crippen molar-refractivity contribution in [3.8, 4) is 0 Å². The summed E-state index contributed by atoms with van der Waals surface area (Å²) in [6, 6.07) is 4.54. The van der Waals surface area contributed by atoms with Gasteiger partial charge < -0.3 is 16.0 Å². The number of carbonyl (C=O) groups is 1. The molecule has 1 aromatic carbocycles. The zero-order valence-electron chi connectivity index (χ0n) is 11.5. The van der Waals surface area contributed by atoms with Crippen LogP contribution in [0.1, 0.15) is 0 Å². The number of nitrogen functional groups attached to an aromatic ring is 1. The number of rotatable bonds is 3. The van der Waals surface area contributed by atoms with Crippen molar-refractivity contribution in [2.75, 3.05) is 44.4 Å². The quantitative estimate of drug-likeness (QED) is 0.730.